The summed E-state index contributed by atoms with van der Waals surface area (Å²) in [5.74, 6) is 0. The lowest BCUT2D eigenvalue weighted by Gasteiger charge is -2.20. The van der Waals surface area contributed by atoms with Crippen molar-refractivity contribution in [3.8, 4) is 6.07 Å². The van der Waals surface area contributed by atoms with Crippen LogP contribution in [0.2, 0.25) is 0 Å². The monoisotopic (exact) mass is 266 g/mol. The molecule has 4 nitrogen and oxygen atoms in total. The van der Waals surface area contributed by atoms with Crippen LogP contribution in [0.1, 0.15) is 30.6 Å². The van der Waals surface area contributed by atoms with Crippen molar-refractivity contribution in [1.82, 2.24) is 4.98 Å². The lowest BCUT2D eigenvalue weighted by atomic mass is 10.1. The molecule has 0 aliphatic carbocycles. The van der Waals surface area contributed by atoms with Gasteiger partial charge in [0.15, 0.2) is 0 Å². The Labute approximate surface area is 119 Å². The maximum Gasteiger partial charge on any atom is 0.101 e. The fourth-order valence-corrected chi connectivity index (χ4v) is 2.02. The third-order valence-electron chi connectivity index (χ3n) is 3.36. The smallest absolute Gasteiger partial charge is 0.101 e. The van der Waals surface area contributed by atoms with Gasteiger partial charge in [-0.3, -0.25) is 4.98 Å². The maximum atomic E-state index is 9.15. The predicted octanol–water partition coefficient (Wildman–Crippen LogP) is 3.13. The zero-order valence-electron chi connectivity index (χ0n) is 11.7. The summed E-state index contributed by atoms with van der Waals surface area (Å²) in [6.07, 6.45) is 2.65. The molecule has 4 heteroatoms. The molecule has 0 aliphatic heterocycles. The highest BCUT2D eigenvalue weighted by molar-refractivity contribution is 5.68. The normalized spacial score (nSPS) is 11.7. The lowest BCUT2D eigenvalue weighted by Crippen LogP contribution is -2.13. The van der Waals surface area contributed by atoms with E-state index in [2.05, 4.69) is 11.1 Å². The van der Waals surface area contributed by atoms with Crippen LogP contribution in [0.3, 0.4) is 0 Å². The second-order valence-electron chi connectivity index (χ2n) is 4.64. The fraction of sp³-hybridized carbons (Fsp3) is 0.250. The van der Waals surface area contributed by atoms with Crippen LogP contribution in [0.5, 0.6) is 0 Å². The molecular formula is C16H18N4. The van der Waals surface area contributed by atoms with Crippen LogP contribution < -0.4 is 10.6 Å². The first-order valence-electron chi connectivity index (χ1n) is 6.61. The molecule has 1 aromatic carbocycles. The Morgan fingerprint density at radius 2 is 2.05 bits per heavy atom. The average Bonchev–Trinajstić information content (AvgIpc) is 2.53. The van der Waals surface area contributed by atoms with Crippen molar-refractivity contribution >= 4 is 11.4 Å². The van der Waals surface area contributed by atoms with Gasteiger partial charge in [-0.25, -0.2) is 0 Å². The summed E-state index contributed by atoms with van der Waals surface area (Å²) >= 11 is 0. The molecule has 0 bridgehead atoms. The van der Waals surface area contributed by atoms with Crippen molar-refractivity contribution in [3.63, 3.8) is 0 Å². The molecule has 102 valence electrons. The molecule has 2 rings (SSSR count). The van der Waals surface area contributed by atoms with Gasteiger partial charge in [-0.1, -0.05) is 19.1 Å². The summed E-state index contributed by atoms with van der Waals surface area (Å²) in [7, 11) is 1.92. The first-order chi connectivity index (χ1) is 9.67. The highest BCUT2D eigenvalue weighted by Crippen LogP contribution is 2.26. The van der Waals surface area contributed by atoms with Crippen molar-refractivity contribution in [2.24, 2.45) is 5.73 Å². The van der Waals surface area contributed by atoms with Crippen molar-refractivity contribution in [1.29, 1.82) is 5.26 Å². The zero-order valence-corrected chi connectivity index (χ0v) is 11.7. The summed E-state index contributed by atoms with van der Waals surface area (Å²) in [5, 5.41) is 9.15. The van der Waals surface area contributed by atoms with Crippen LogP contribution >= 0.6 is 0 Å². The van der Waals surface area contributed by atoms with E-state index >= 15 is 0 Å². The van der Waals surface area contributed by atoms with E-state index in [1.807, 2.05) is 49.2 Å². The van der Waals surface area contributed by atoms with Crippen molar-refractivity contribution in [2.75, 3.05) is 11.9 Å². The number of hydrogen-bond acceptors (Lipinski definition) is 4. The van der Waals surface area contributed by atoms with Gasteiger partial charge < -0.3 is 10.6 Å². The van der Waals surface area contributed by atoms with E-state index < -0.39 is 0 Å². The third kappa shape index (κ3) is 2.79. The zero-order chi connectivity index (χ0) is 14.5. The number of nitriles is 1. The number of benzene rings is 1. The fourth-order valence-electron chi connectivity index (χ4n) is 2.02. The molecule has 0 saturated carbocycles. The van der Waals surface area contributed by atoms with E-state index in [4.69, 9.17) is 11.0 Å². The molecule has 1 atom stereocenters. The summed E-state index contributed by atoms with van der Waals surface area (Å²) in [6, 6.07) is 13.6. The highest BCUT2D eigenvalue weighted by Gasteiger charge is 2.10. The molecule has 0 aliphatic rings. The number of nitrogens with two attached hydrogens (primary N) is 1. The van der Waals surface area contributed by atoms with Crippen LogP contribution in [0.15, 0.2) is 42.6 Å². The minimum atomic E-state index is -0.0271. The average molecular weight is 266 g/mol. The lowest BCUT2D eigenvalue weighted by molar-refractivity contribution is 0.675. The standard InChI is InChI=1S/C16H18N4/c1-3-14(18)15-9-8-13(11-19-15)20(2)16-7-5-4-6-12(16)10-17/h4-9,11,14H,3,18H2,1-2H3/t14-/m1/s1. The molecule has 2 aromatic rings. The van der Waals surface area contributed by atoms with Gasteiger partial charge in [0.1, 0.15) is 6.07 Å². The van der Waals surface area contributed by atoms with Crippen LogP contribution in [-0.4, -0.2) is 12.0 Å². The molecule has 20 heavy (non-hydrogen) atoms. The van der Waals surface area contributed by atoms with E-state index in [1.165, 1.54) is 0 Å². The van der Waals surface area contributed by atoms with Gasteiger partial charge in [0, 0.05) is 13.1 Å². The van der Waals surface area contributed by atoms with E-state index in [9.17, 15) is 0 Å². The number of aromatic nitrogens is 1. The Kier molecular flexibility index (Phi) is 4.34. The van der Waals surface area contributed by atoms with Gasteiger partial charge in [0.05, 0.1) is 28.8 Å². The van der Waals surface area contributed by atoms with Gasteiger partial charge in [-0.2, -0.15) is 5.26 Å². The van der Waals surface area contributed by atoms with Crippen molar-refractivity contribution in [2.45, 2.75) is 19.4 Å². The molecule has 0 fully saturated rings. The summed E-state index contributed by atoms with van der Waals surface area (Å²) < 4.78 is 0. The van der Waals surface area contributed by atoms with Crippen LogP contribution in [0.4, 0.5) is 11.4 Å². The number of rotatable bonds is 4. The number of pyridine rings is 1. The van der Waals surface area contributed by atoms with Crippen LogP contribution in [0, 0.1) is 11.3 Å². The summed E-state index contributed by atoms with van der Waals surface area (Å²) in [6.45, 7) is 2.04. The van der Waals surface area contributed by atoms with Gasteiger partial charge in [0.25, 0.3) is 0 Å². The predicted molar refractivity (Wildman–Crippen MR) is 80.7 cm³/mol. The molecule has 0 amide bonds. The maximum absolute atomic E-state index is 9.15. The number of nitrogens with zero attached hydrogens (tertiary/aromatic N) is 3. The Balaban J connectivity index is 2.30. The topological polar surface area (TPSA) is 65.9 Å². The highest BCUT2D eigenvalue weighted by atomic mass is 15.1. The quantitative estimate of drug-likeness (QED) is 0.923. The Hall–Kier alpha value is -2.38. The Bertz CT molecular complexity index is 613. The molecule has 1 heterocycles. The van der Waals surface area contributed by atoms with E-state index in [0.29, 0.717) is 5.56 Å². The van der Waals surface area contributed by atoms with Crippen molar-refractivity contribution < 1.29 is 0 Å². The molecule has 1 aromatic heterocycles. The van der Waals surface area contributed by atoms with E-state index in [0.717, 1.165) is 23.5 Å². The third-order valence-corrected chi connectivity index (χ3v) is 3.36. The number of hydrogen-bond donors (Lipinski definition) is 1. The molecule has 0 unspecified atom stereocenters. The molecule has 2 N–H and O–H groups in total. The first kappa shape index (κ1) is 14.0. The Morgan fingerprint density at radius 1 is 1.30 bits per heavy atom. The van der Waals surface area contributed by atoms with E-state index in [-0.39, 0.29) is 6.04 Å². The van der Waals surface area contributed by atoms with Gasteiger partial charge >= 0.3 is 0 Å². The van der Waals surface area contributed by atoms with Crippen molar-refractivity contribution in [3.05, 3.63) is 53.9 Å². The van der Waals surface area contributed by atoms with Crippen LogP contribution in [0.25, 0.3) is 0 Å². The van der Waals surface area contributed by atoms with Gasteiger partial charge in [-0.15, -0.1) is 0 Å². The molecule has 0 radical (unpaired) electrons. The number of para-hydroxylation sites is 1. The molecular weight excluding hydrogens is 248 g/mol. The second kappa shape index (κ2) is 6.18. The summed E-state index contributed by atoms with van der Waals surface area (Å²) in [4.78, 5) is 6.35. The van der Waals surface area contributed by atoms with Gasteiger partial charge in [-0.05, 0) is 30.7 Å². The van der Waals surface area contributed by atoms with Gasteiger partial charge in [0.2, 0.25) is 0 Å². The molecule has 0 saturated heterocycles. The number of anilines is 2. The second-order valence-corrected chi connectivity index (χ2v) is 4.64. The van der Waals surface area contributed by atoms with Crippen LogP contribution in [-0.2, 0) is 0 Å². The SMILES string of the molecule is CC[C@@H](N)c1ccc(N(C)c2ccccc2C#N)cn1. The minimum absolute atomic E-state index is 0.0271. The van der Waals surface area contributed by atoms with E-state index in [1.54, 1.807) is 12.3 Å². The summed E-state index contributed by atoms with van der Waals surface area (Å²) in [5.41, 5.74) is 9.28. The largest absolute Gasteiger partial charge is 0.342 e. The molecule has 0 spiro atoms. The minimum Gasteiger partial charge on any atom is -0.342 e. The first-order valence-corrected chi connectivity index (χ1v) is 6.61. The Morgan fingerprint density at radius 3 is 2.65 bits per heavy atom.